The Bertz CT molecular complexity index is 175. The molecule has 1 rings (SSSR count). The van der Waals surface area contributed by atoms with Gasteiger partial charge in [0.1, 0.15) is 0 Å². The predicted octanol–water partition coefficient (Wildman–Crippen LogP) is 2.13. The van der Waals surface area contributed by atoms with Gasteiger partial charge in [-0.15, -0.1) is 0 Å². The second kappa shape index (κ2) is 4.80. The van der Waals surface area contributed by atoms with Crippen molar-refractivity contribution in [2.75, 3.05) is 13.7 Å². The van der Waals surface area contributed by atoms with Crippen LogP contribution < -0.4 is 0 Å². The molecule has 0 aromatic rings. The largest absolute Gasteiger partial charge is 0.507 e. The average Bonchev–Trinajstić information content (AvgIpc) is 2.16. The molecule has 0 aromatic carbocycles. The Labute approximate surface area is 72.4 Å². The molecule has 3 nitrogen and oxygen atoms in total. The number of carbonyl (C=O) groups excluding carboxylic acids is 1. The van der Waals surface area contributed by atoms with Crippen LogP contribution in [0.4, 0.5) is 4.79 Å². The van der Waals surface area contributed by atoms with Crippen LogP contribution in [-0.2, 0) is 9.47 Å². The molecular formula is C9H14O3. The summed E-state index contributed by atoms with van der Waals surface area (Å²) in [5.41, 5.74) is 0. The zero-order chi connectivity index (χ0) is 8.81. The second-order valence-electron chi connectivity index (χ2n) is 2.92. The summed E-state index contributed by atoms with van der Waals surface area (Å²) in [4.78, 5) is 10.6. The van der Waals surface area contributed by atoms with Gasteiger partial charge in [-0.25, -0.2) is 4.79 Å². The third-order valence-electron chi connectivity index (χ3n) is 1.98. The van der Waals surface area contributed by atoms with E-state index < -0.39 is 6.16 Å². The third kappa shape index (κ3) is 2.95. The Hall–Kier alpha value is -0.990. The molecule has 1 aliphatic rings. The molecule has 1 unspecified atom stereocenters. The van der Waals surface area contributed by atoms with Crippen molar-refractivity contribution in [2.24, 2.45) is 5.92 Å². The molecule has 0 saturated carbocycles. The quantitative estimate of drug-likeness (QED) is 0.470. The van der Waals surface area contributed by atoms with E-state index in [1.54, 1.807) is 0 Å². The number of ether oxygens (including phenoxy) is 2. The summed E-state index contributed by atoms with van der Waals surface area (Å²) < 4.78 is 9.20. The molecule has 0 aliphatic heterocycles. The Morgan fingerprint density at radius 3 is 3.00 bits per heavy atom. The van der Waals surface area contributed by atoms with Crippen LogP contribution >= 0.6 is 0 Å². The van der Waals surface area contributed by atoms with Gasteiger partial charge < -0.3 is 9.47 Å². The van der Waals surface area contributed by atoms with Crippen molar-refractivity contribution >= 4 is 6.16 Å². The molecule has 68 valence electrons. The van der Waals surface area contributed by atoms with Crippen molar-refractivity contribution in [2.45, 2.75) is 19.3 Å². The first-order chi connectivity index (χ1) is 5.83. The van der Waals surface area contributed by atoms with E-state index in [2.05, 4.69) is 16.9 Å². The minimum atomic E-state index is -0.579. The van der Waals surface area contributed by atoms with Gasteiger partial charge in [0.05, 0.1) is 13.7 Å². The van der Waals surface area contributed by atoms with E-state index in [0.717, 1.165) is 19.3 Å². The van der Waals surface area contributed by atoms with Crippen LogP contribution in [0.3, 0.4) is 0 Å². The molecule has 0 fully saturated rings. The van der Waals surface area contributed by atoms with E-state index in [4.69, 9.17) is 4.74 Å². The maximum absolute atomic E-state index is 10.6. The lowest BCUT2D eigenvalue weighted by atomic mass is 9.95. The molecule has 1 aliphatic carbocycles. The van der Waals surface area contributed by atoms with Crippen molar-refractivity contribution in [1.82, 2.24) is 0 Å². The number of hydrogen-bond acceptors (Lipinski definition) is 3. The van der Waals surface area contributed by atoms with Gasteiger partial charge in [-0.05, 0) is 25.2 Å². The SMILES string of the molecule is COC(=O)OCC1CC=CCC1. The topological polar surface area (TPSA) is 35.5 Å². The minimum Gasteiger partial charge on any atom is -0.438 e. The highest BCUT2D eigenvalue weighted by molar-refractivity contribution is 5.59. The molecule has 3 heteroatoms. The van der Waals surface area contributed by atoms with Gasteiger partial charge in [0.15, 0.2) is 0 Å². The van der Waals surface area contributed by atoms with Gasteiger partial charge in [-0.1, -0.05) is 12.2 Å². The smallest absolute Gasteiger partial charge is 0.438 e. The average molecular weight is 170 g/mol. The summed E-state index contributed by atoms with van der Waals surface area (Å²) in [7, 11) is 1.32. The highest BCUT2D eigenvalue weighted by Crippen LogP contribution is 2.18. The lowest BCUT2D eigenvalue weighted by Gasteiger charge is -2.16. The Morgan fingerprint density at radius 2 is 2.42 bits per heavy atom. The Balaban J connectivity index is 2.14. The highest BCUT2D eigenvalue weighted by atomic mass is 16.7. The lowest BCUT2D eigenvalue weighted by Crippen LogP contribution is -2.14. The van der Waals surface area contributed by atoms with Crippen molar-refractivity contribution in [3.63, 3.8) is 0 Å². The van der Waals surface area contributed by atoms with Crippen molar-refractivity contribution < 1.29 is 14.3 Å². The molecule has 12 heavy (non-hydrogen) atoms. The number of allylic oxidation sites excluding steroid dienone is 2. The minimum absolute atomic E-state index is 0.481. The Kier molecular flexibility index (Phi) is 3.64. The fourth-order valence-corrected chi connectivity index (χ4v) is 1.25. The zero-order valence-corrected chi connectivity index (χ0v) is 7.29. The zero-order valence-electron chi connectivity index (χ0n) is 7.29. The molecular weight excluding hydrogens is 156 g/mol. The summed E-state index contributed by atoms with van der Waals surface area (Å²) in [5.74, 6) is 0.481. The van der Waals surface area contributed by atoms with Crippen LogP contribution in [0.15, 0.2) is 12.2 Å². The number of carbonyl (C=O) groups is 1. The van der Waals surface area contributed by atoms with Crippen LogP contribution in [0.25, 0.3) is 0 Å². The highest BCUT2D eigenvalue weighted by Gasteiger charge is 2.12. The van der Waals surface area contributed by atoms with Gasteiger partial charge in [-0.2, -0.15) is 0 Å². The fraction of sp³-hybridized carbons (Fsp3) is 0.667. The third-order valence-corrected chi connectivity index (χ3v) is 1.98. The Morgan fingerprint density at radius 1 is 1.58 bits per heavy atom. The summed E-state index contributed by atoms with van der Waals surface area (Å²) in [5, 5.41) is 0. The molecule has 0 bridgehead atoms. The molecule has 0 aromatic heterocycles. The maximum Gasteiger partial charge on any atom is 0.507 e. The maximum atomic E-state index is 10.6. The first kappa shape index (κ1) is 9.10. The van der Waals surface area contributed by atoms with Crippen molar-refractivity contribution in [3.05, 3.63) is 12.2 Å². The van der Waals surface area contributed by atoms with E-state index >= 15 is 0 Å². The van der Waals surface area contributed by atoms with E-state index in [-0.39, 0.29) is 0 Å². The van der Waals surface area contributed by atoms with E-state index in [1.165, 1.54) is 7.11 Å². The summed E-state index contributed by atoms with van der Waals surface area (Å²) in [6.07, 6.45) is 6.92. The molecule has 1 atom stereocenters. The van der Waals surface area contributed by atoms with Crippen LogP contribution in [0, 0.1) is 5.92 Å². The van der Waals surface area contributed by atoms with Gasteiger partial charge in [0, 0.05) is 0 Å². The van der Waals surface area contributed by atoms with Gasteiger partial charge in [0.25, 0.3) is 0 Å². The second-order valence-corrected chi connectivity index (χ2v) is 2.92. The summed E-state index contributed by atoms with van der Waals surface area (Å²) >= 11 is 0. The molecule has 0 saturated heterocycles. The van der Waals surface area contributed by atoms with Gasteiger partial charge in [-0.3, -0.25) is 0 Å². The monoisotopic (exact) mass is 170 g/mol. The molecule has 0 spiro atoms. The number of methoxy groups -OCH3 is 1. The fourth-order valence-electron chi connectivity index (χ4n) is 1.25. The van der Waals surface area contributed by atoms with Crippen LogP contribution in [0.2, 0.25) is 0 Å². The standard InChI is InChI=1S/C9H14O3/c1-11-9(10)12-7-8-5-3-2-4-6-8/h2-3,8H,4-7H2,1H3. The molecule has 0 N–H and O–H groups in total. The van der Waals surface area contributed by atoms with Crippen molar-refractivity contribution in [3.8, 4) is 0 Å². The molecule has 0 radical (unpaired) electrons. The summed E-state index contributed by atoms with van der Waals surface area (Å²) in [6, 6.07) is 0. The van der Waals surface area contributed by atoms with Gasteiger partial charge >= 0.3 is 6.16 Å². The van der Waals surface area contributed by atoms with Gasteiger partial charge in [0.2, 0.25) is 0 Å². The number of hydrogen-bond donors (Lipinski definition) is 0. The molecule has 0 amide bonds. The van der Waals surface area contributed by atoms with Crippen LogP contribution in [0.5, 0.6) is 0 Å². The predicted molar refractivity (Wildman–Crippen MR) is 44.8 cm³/mol. The van der Waals surface area contributed by atoms with Crippen LogP contribution in [-0.4, -0.2) is 19.9 Å². The van der Waals surface area contributed by atoms with Crippen molar-refractivity contribution in [1.29, 1.82) is 0 Å². The lowest BCUT2D eigenvalue weighted by molar-refractivity contribution is 0.0587. The molecule has 0 heterocycles. The normalized spacial score (nSPS) is 21.9. The van der Waals surface area contributed by atoms with E-state index in [1.807, 2.05) is 0 Å². The first-order valence-corrected chi connectivity index (χ1v) is 4.18. The number of rotatable bonds is 2. The summed E-state index contributed by atoms with van der Waals surface area (Å²) in [6.45, 7) is 0.483. The van der Waals surface area contributed by atoms with E-state index in [9.17, 15) is 4.79 Å². The van der Waals surface area contributed by atoms with E-state index in [0.29, 0.717) is 12.5 Å². The first-order valence-electron chi connectivity index (χ1n) is 4.18. The van der Waals surface area contributed by atoms with Crippen LogP contribution in [0.1, 0.15) is 19.3 Å².